The number of aliphatic hydroxyl groups excluding tert-OH is 10. The van der Waals surface area contributed by atoms with Gasteiger partial charge in [-0.05, 0) is 53.9 Å². The molecule has 0 aromatic rings. The second-order valence-electron chi connectivity index (χ2n) is 17.4. The van der Waals surface area contributed by atoms with Crippen LogP contribution in [-0.2, 0) is 33.2 Å². The first-order valence-corrected chi connectivity index (χ1v) is 19.3. The van der Waals surface area contributed by atoms with E-state index < -0.39 is 123 Å². The minimum absolute atomic E-state index is 0.0640. The highest BCUT2D eigenvalue weighted by atomic mass is 16.8. The lowest BCUT2D eigenvalue weighted by Crippen LogP contribution is -2.66. The molecule has 10 N–H and O–H groups in total. The summed E-state index contributed by atoms with van der Waals surface area (Å²) in [6.45, 7) is 10.4. The molecule has 3 heterocycles. The van der Waals surface area contributed by atoms with Gasteiger partial charge >= 0.3 is 0 Å². The molecular weight excluding hydrogens is 728 g/mol. The number of allylic oxidation sites excluding steroid dienone is 3. The van der Waals surface area contributed by atoms with Crippen molar-refractivity contribution in [3.63, 3.8) is 0 Å². The van der Waals surface area contributed by atoms with E-state index in [-0.39, 0.29) is 28.4 Å². The van der Waals surface area contributed by atoms with Gasteiger partial charge in [0.15, 0.2) is 24.7 Å². The van der Waals surface area contributed by atoms with Gasteiger partial charge in [-0.3, -0.25) is 4.79 Å². The summed E-state index contributed by atoms with van der Waals surface area (Å²) in [7, 11) is 0. The molecule has 3 aliphatic heterocycles. The van der Waals surface area contributed by atoms with Crippen LogP contribution in [0.1, 0.15) is 59.8 Å². The number of ether oxygens (including phenoxy) is 6. The topological polar surface area (TPSA) is 275 Å². The molecule has 0 aromatic heterocycles. The standard InChI is InChI=1S/C38H60O17/c1-6-37(4)9-7-17-16(12-37)18(41)11-22-36(2,3)23(8-10-38(17,22)5)54-35-32(29(47)25(43)20(14-40)52-35)55-34-31(49)28(46)26(44)21(53-34)15-50-33-30(48)27(45)24(42)19(13-39)51-33/h6,12,17,19-35,39-40,42-49H,1,7-11,13-15H2,2-5H3/t17-,19+,20+,21+,22-,23-,24+,25+,26+,27-,28-,29-,30+,31+,32+,33+,34-,35-,37-,38+/m0/s1. The van der Waals surface area contributed by atoms with Crippen LogP contribution in [0.15, 0.2) is 24.3 Å². The third-order valence-corrected chi connectivity index (χ3v) is 13.6. The average Bonchev–Trinajstić information content (AvgIpc) is 3.15. The van der Waals surface area contributed by atoms with Crippen LogP contribution in [0, 0.1) is 28.1 Å². The average molecular weight is 789 g/mol. The molecule has 314 valence electrons. The van der Waals surface area contributed by atoms with Crippen LogP contribution in [0.4, 0.5) is 0 Å². The number of fused-ring (bicyclic) bond motifs is 3. The number of carbonyl (C=O) groups is 1. The molecule has 55 heavy (non-hydrogen) atoms. The van der Waals surface area contributed by atoms with Crippen molar-refractivity contribution in [1.29, 1.82) is 0 Å². The summed E-state index contributed by atoms with van der Waals surface area (Å²) in [5.41, 5.74) is -0.221. The Hall–Kier alpha value is -1.49. The van der Waals surface area contributed by atoms with Gasteiger partial charge in [-0.2, -0.15) is 0 Å². The zero-order chi connectivity index (χ0) is 40.4. The number of ketones is 1. The van der Waals surface area contributed by atoms with Gasteiger partial charge in [0.2, 0.25) is 0 Å². The second kappa shape index (κ2) is 16.3. The molecule has 5 fully saturated rings. The van der Waals surface area contributed by atoms with Crippen molar-refractivity contribution in [1.82, 2.24) is 0 Å². The molecule has 0 amide bonds. The highest BCUT2D eigenvalue weighted by Gasteiger charge is 2.61. The first-order chi connectivity index (χ1) is 25.8. The molecule has 17 heteroatoms. The monoisotopic (exact) mass is 788 g/mol. The summed E-state index contributed by atoms with van der Waals surface area (Å²) in [6.07, 6.45) is -17.9. The summed E-state index contributed by atoms with van der Waals surface area (Å²) in [6, 6.07) is 0. The smallest absolute Gasteiger partial charge is 0.187 e. The third-order valence-electron chi connectivity index (χ3n) is 13.6. The molecule has 3 aliphatic carbocycles. The predicted octanol–water partition coefficient (Wildman–Crippen LogP) is -2.24. The quantitative estimate of drug-likeness (QED) is 0.0828. The summed E-state index contributed by atoms with van der Waals surface area (Å²) in [4.78, 5) is 13.8. The van der Waals surface area contributed by atoms with E-state index in [4.69, 9.17) is 28.4 Å². The zero-order valence-corrected chi connectivity index (χ0v) is 31.7. The first-order valence-electron chi connectivity index (χ1n) is 19.3. The van der Waals surface area contributed by atoms with Gasteiger partial charge in [0, 0.05) is 11.8 Å². The summed E-state index contributed by atoms with van der Waals surface area (Å²) >= 11 is 0. The van der Waals surface area contributed by atoms with Gasteiger partial charge in [0.05, 0.1) is 25.9 Å². The SMILES string of the molecule is C=C[C@]1(C)C=C2C(=O)C[C@H]3C(C)(C)[C@@H](O[C@@H]4O[C@H](CO)[C@@H](O)[C@H](O)[C@H]4O[C@@H]4O[C@H](CO[C@@H]5O[C@H](CO)[C@@H](O)[C@H](O)[C@H]5O)[C@@H](O)[C@H](O)[C@H]4O)CC[C@]3(C)[C@H]2CC1. The fraction of sp³-hybridized carbons (Fsp3) is 0.868. The predicted molar refractivity (Wildman–Crippen MR) is 187 cm³/mol. The Morgan fingerprint density at radius 3 is 1.91 bits per heavy atom. The van der Waals surface area contributed by atoms with Crippen molar-refractivity contribution in [2.24, 2.45) is 28.1 Å². The Morgan fingerprint density at radius 1 is 0.727 bits per heavy atom. The number of rotatable bonds is 10. The van der Waals surface area contributed by atoms with E-state index in [1.807, 2.05) is 19.9 Å². The third kappa shape index (κ3) is 7.75. The minimum Gasteiger partial charge on any atom is -0.394 e. The minimum atomic E-state index is -1.90. The van der Waals surface area contributed by atoms with E-state index in [1.54, 1.807) is 0 Å². The van der Waals surface area contributed by atoms with Crippen LogP contribution in [0.5, 0.6) is 0 Å². The molecule has 6 aliphatic rings. The maximum atomic E-state index is 13.8. The lowest BCUT2D eigenvalue weighted by atomic mass is 9.44. The van der Waals surface area contributed by atoms with Gasteiger partial charge in [-0.15, -0.1) is 6.58 Å². The number of carbonyl (C=O) groups excluding carboxylic acids is 1. The van der Waals surface area contributed by atoms with Gasteiger partial charge in [-0.25, -0.2) is 0 Å². The zero-order valence-electron chi connectivity index (χ0n) is 31.7. The number of hydrogen-bond acceptors (Lipinski definition) is 17. The van der Waals surface area contributed by atoms with Crippen LogP contribution in [-0.4, -0.2) is 175 Å². The maximum Gasteiger partial charge on any atom is 0.187 e. The van der Waals surface area contributed by atoms with Crippen LogP contribution in [0.3, 0.4) is 0 Å². The van der Waals surface area contributed by atoms with Crippen molar-refractivity contribution in [3.8, 4) is 0 Å². The molecule has 2 saturated carbocycles. The molecule has 0 aromatic carbocycles. The van der Waals surface area contributed by atoms with E-state index in [0.717, 1.165) is 18.4 Å². The number of aliphatic hydroxyl groups is 10. The molecule has 6 rings (SSSR count). The molecule has 0 unspecified atom stereocenters. The van der Waals surface area contributed by atoms with Gasteiger partial charge in [-0.1, -0.05) is 39.8 Å². The highest BCUT2D eigenvalue weighted by molar-refractivity contribution is 5.97. The summed E-state index contributed by atoms with van der Waals surface area (Å²) < 4.78 is 35.2. The number of Topliss-reactive ketones (excluding diaryl/α,β-unsaturated/α-hetero) is 1. The first kappa shape index (κ1) is 43.1. The summed E-state index contributed by atoms with van der Waals surface area (Å²) in [5, 5.41) is 105. The number of hydrogen-bond donors (Lipinski definition) is 10. The van der Waals surface area contributed by atoms with Crippen molar-refractivity contribution >= 4 is 5.78 Å². The van der Waals surface area contributed by atoms with Gasteiger partial charge < -0.3 is 79.5 Å². The molecule has 20 atom stereocenters. The molecule has 0 spiro atoms. The Bertz CT molecular complexity index is 1410. The van der Waals surface area contributed by atoms with Crippen molar-refractivity contribution in [3.05, 3.63) is 24.3 Å². The lowest BCUT2D eigenvalue weighted by molar-refractivity contribution is -0.381. The lowest BCUT2D eigenvalue weighted by Gasteiger charge is -2.61. The maximum absolute atomic E-state index is 13.8. The van der Waals surface area contributed by atoms with Crippen LogP contribution in [0.25, 0.3) is 0 Å². The Kier molecular flexibility index (Phi) is 12.8. The van der Waals surface area contributed by atoms with E-state index in [9.17, 15) is 55.9 Å². The Balaban J connectivity index is 1.19. The van der Waals surface area contributed by atoms with Crippen molar-refractivity contribution < 1.29 is 84.3 Å². The van der Waals surface area contributed by atoms with Crippen LogP contribution in [0.2, 0.25) is 0 Å². The van der Waals surface area contributed by atoms with Crippen molar-refractivity contribution in [2.75, 3.05) is 19.8 Å². The van der Waals surface area contributed by atoms with E-state index in [1.165, 1.54) is 0 Å². The van der Waals surface area contributed by atoms with Crippen LogP contribution >= 0.6 is 0 Å². The largest absolute Gasteiger partial charge is 0.394 e. The molecular formula is C38H60O17. The Morgan fingerprint density at radius 2 is 1.29 bits per heavy atom. The molecule has 0 radical (unpaired) electrons. The molecule has 0 bridgehead atoms. The second-order valence-corrected chi connectivity index (χ2v) is 17.4. The van der Waals surface area contributed by atoms with Gasteiger partial charge in [0.1, 0.15) is 73.2 Å². The van der Waals surface area contributed by atoms with Gasteiger partial charge in [0.25, 0.3) is 0 Å². The molecule has 3 saturated heterocycles. The summed E-state index contributed by atoms with van der Waals surface area (Å²) in [5.74, 6) is 0.0598. The fourth-order valence-corrected chi connectivity index (χ4v) is 9.97. The Labute approximate surface area is 320 Å². The van der Waals surface area contributed by atoms with Crippen molar-refractivity contribution in [2.45, 2.75) is 158 Å². The van der Waals surface area contributed by atoms with E-state index in [0.29, 0.717) is 19.3 Å². The molecule has 17 nitrogen and oxygen atoms in total. The van der Waals surface area contributed by atoms with E-state index >= 15 is 0 Å². The van der Waals surface area contributed by atoms with E-state index in [2.05, 4.69) is 26.5 Å². The van der Waals surface area contributed by atoms with Crippen LogP contribution < -0.4 is 0 Å². The normalized spacial score (nSPS) is 51.5. The highest BCUT2D eigenvalue weighted by Crippen LogP contribution is 2.63. The fourth-order valence-electron chi connectivity index (χ4n) is 9.97.